The molecule has 1 aromatic heterocycles. The Bertz CT molecular complexity index is 844. The zero-order valence-corrected chi connectivity index (χ0v) is 14.5. The molecule has 1 amide bonds. The lowest BCUT2D eigenvalue weighted by molar-refractivity contribution is 0.0773. The molecule has 0 atom stereocenters. The van der Waals surface area contributed by atoms with Gasteiger partial charge < -0.3 is 4.90 Å². The van der Waals surface area contributed by atoms with Crippen molar-refractivity contribution in [1.82, 2.24) is 14.9 Å². The molecule has 0 spiro atoms. The third kappa shape index (κ3) is 3.58. The van der Waals surface area contributed by atoms with Gasteiger partial charge in [-0.05, 0) is 13.8 Å². The van der Waals surface area contributed by atoms with Crippen LogP contribution in [0.5, 0.6) is 0 Å². The lowest BCUT2D eigenvalue weighted by atomic mass is 10.1. The van der Waals surface area contributed by atoms with Crippen LogP contribution in [0.25, 0.3) is 22.6 Å². The normalized spacial score (nSPS) is 10.5. The van der Waals surface area contributed by atoms with Crippen LogP contribution in [0, 0.1) is 0 Å². The Kier molecular flexibility index (Phi) is 5.19. The van der Waals surface area contributed by atoms with Crippen molar-refractivity contribution < 1.29 is 4.79 Å². The molecule has 1 heterocycles. The number of benzene rings is 2. The van der Waals surface area contributed by atoms with E-state index in [-0.39, 0.29) is 5.91 Å². The molecule has 0 radical (unpaired) electrons. The third-order valence-electron chi connectivity index (χ3n) is 4.15. The molecule has 2 aromatic carbocycles. The summed E-state index contributed by atoms with van der Waals surface area (Å²) in [6.07, 6.45) is 1.65. The van der Waals surface area contributed by atoms with Crippen LogP contribution in [0.2, 0.25) is 0 Å². The van der Waals surface area contributed by atoms with E-state index in [0.717, 1.165) is 11.1 Å². The zero-order chi connectivity index (χ0) is 17.6. The summed E-state index contributed by atoms with van der Waals surface area (Å²) in [6, 6.07) is 19.6. The Hall–Kier alpha value is -3.01. The van der Waals surface area contributed by atoms with Crippen molar-refractivity contribution in [3.05, 3.63) is 72.4 Å². The van der Waals surface area contributed by atoms with E-state index in [1.807, 2.05) is 74.5 Å². The first-order chi connectivity index (χ1) is 12.2. The molecular formula is C21H21N3O. The van der Waals surface area contributed by atoms with Crippen LogP contribution in [0.3, 0.4) is 0 Å². The summed E-state index contributed by atoms with van der Waals surface area (Å²) in [4.78, 5) is 23.9. The fourth-order valence-electron chi connectivity index (χ4n) is 2.76. The van der Waals surface area contributed by atoms with Gasteiger partial charge in [-0.3, -0.25) is 4.79 Å². The summed E-state index contributed by atoms with van der Waals surface area (Å²) in [5.41, 5.74) is 3.06. The van der Waals surface area contributed by atoms with E-state index in [1.165, 1.54) is 0 Å². The van der Waals surface area contributed by atoms with Gasteiger partial charge in [0.05, 0.1) is 11.3 Å². The zero-order valence-electron chi connectivity index (χ0n) is 14.5. The second-order valence-corrected chi connectivity index (χ2v) is 5.67. The largest absolute Gasteiger partial charge is 0.339 e. The van der Waals surface area contributed by atoms with Crippen LogP contribution in [-0.4, -0.2) is 33.9 Å². The molecular weight excluding hydrogens is 310 g/mol. The van der Waals surface area contributed by atoms with Gasteiger partial charge in [0.15, 0.2) is 5.82 Å². The smallest absolute Gasteiger partial charge is 0.257 e. The molecule has 25 heavy (non-hydrogen) atoms. The average Bonchev–Trinajstić information content (AvgIpc) is 2.69. The molecule has 0 bridgehead atoms. The molecule has 0 unspecified atom stereocenters. The van der Waals surface area contributed by atoms with Gasteiger partial charge in [0, 0.05) is 30.4 Å². The predicted octanol–water partition coefficient (Wildman–Crippen LogP) is 4.29. The number of hydrogen-bond donors (Lipinski definition) is 0. The van der Waals surface area contributed by atoms with Gasteiger partial charge in [-0.15, -0.1) is 0 Å². The first-order valence-corrected chi connectivity index (χ1v) is 8.51. The summed E-state index contributed by atoms with van der Waals surface area (Å²) in [5, 5.41) is 0. The summed E-state index contributed by atoms with van der Waals surface area (Å²) < 4.78 is 0. The molecule has 0 fully saturated rings. The number of carbonyl (C=O) groups excluding carboxylic acids is 1. The monoisotopic (exact) mass is 331 g/mol. The molecule has 0 saturated carbocycles. The van der Waals surface area contributed by atoms with E-state index >= 15 is 0 Å². The first-order valence-electron chi connectivity index (χ1n) is 8.51. The summed E-state index contributed by atoms with van der Waals surface area (Å²) >= 11 is 0. The van der Waals surface area contributed by atoms with Crippen LogP contribution >= 0.6 is 0 Å². The molecule has 3 aromatic rings. The highest BCUT2D eigenvalue weighted by Crippen LogP contribution is 2.25. The van der Waals surface area contributed by atoms with Crippen molar-refractivity contribution in [2.45, 2.75) is 13.8 Å². The fourth-order valence-corrected chi connectivity index (χ4v) is 2.76. The van der Waals surface area contributed by atoms with Gasteiger partial charge >= 0.3 is 0 Å². The van der Waals surface area contributed by atoms with E-state index in [2.05, 4.69) is 4.98 Å². The maximum absolute atomic E-state index is 12.9. The minimum atomic E-state index is -0.0385. The lowest BCUT2D eigenvalue weighted by Crippen LogP contribution is -2.31. The number of hydrogen-bond acceptors (Lipinski definition) is 3. The van der Waals surface area contributed by atoms with Crippen molar-refractivity contribution in [2.75, 3.05) is 13.1 Å². The number of nitrogens with zero attached hydrogens (tertiary/aromatic N) is 3. The van der Waals surface area contributed by atoms with Gasteiger partial charge in [-0.2, -0.15) is 0 Å². The molecule has 0 saturated heterocycles. The molecule has 3 rings (SSSR count). The van der Waals surface area contributed by atoms with Crippen molar-refractivity contribution >= 4 is 5.91 Å². The Balaban J connectivity index is 2.14. The summed E-state index contributed by atoms with van der Waals surface area (Å²) in [7, 11) is 0. The standard InChI is InChI=1S/C21H21N3O/c1-3-24(4-2)21(25)18-15-22-20(17-13-9-6-10-14-17)23-19(18)16-11-7-5-8-12-16/h5-15H,3-4H2,1-2H3. The minimum Gasteiger partial charge on any atom is -0.339 e. The van der Waals surface area contributed by atoms with E-state index in [4.69, 9.17) is 4.98 Å². The molecule has 4 nitrogen and oxygen atoms in total. The fraction of sp³-hybridized carbons (Fsp3) is 0.190. The van der Waals surface area contributed by atoms with Gasteiger partial charge in [0.25, 0.3) is 5.91 Å². The van der Waals surface area contributed by atoms with Crippen molar-refractivity contribution in [3.8, 4) is 22.6 Å². The predicted molar refractivity (Wildman–Crippen MR) is 100 cm³/mol. The second kappa shape index (κ2) is 7.71. The highest BCUT2D eigenvalue weighted by Gasteiger charge is 2.20. The summed E-state index contributed by atoms with van der Waals surface area (Å²) in [5.74, 6) is 0.582. The Labute approximate surface area is 148 Å². The van der Waals surface area contributed by atoms with Gasteiger partial charge in [-0.25, -0.2) is 9.97 Å². The topological polar surface area (TPSA) is 46.1 Å². The Morgan fingerprint density at radius 1 is 0.880 bits per heavy atom. The maximum Gasteiger partial charge on any atom is 0.257 e. The van der Waals surface area contributed by atoms with Crippen molar-refractivity contribution in [2.24, 2.45) is 0 Å². The number of carbonyl (C=O) groups is 1. The van der Waals surface area contributed by atoms with E-state index in [9.17, 15) is 4.79 Å². The molecule has 4 heteroatoms. The first kappa shape index (κ1) is 16.8. The quantitative estimate of drug-likeness (QED) is 0.700. The van der Waals surface area contributed by atoms with Crippen LogP contribution in [0.4, 0.5) is 0 Å². The Morgan fingerprint density at radius 3 is 2.00 bits per heavy atom. The third-order valence-corrected chi connectivity index (χ3v) is 4.15. The van der Waals surface area contributed by atoms with E-state index < -0.39 is 0 Å². The van der Waals surface area contributed by atoms with E-state index in [0.29, 0.717) is 30.2 Å². The van der Waals surface area contributed by atoms with Gasteiger partial charge in [-0.1, -0.05) is 60.7 Å². The average molecular weight is 331 g/mol. The second-order valence-electron chi connectivity index (χ2n) is 5.67. The summed E-state index contributed by atoms with van der Waals surface area (Å²) in [6.45, 7) is 5.26. The molecule has 0 aliphatic carbocycles. The van der Waals surface area contributed by atoms with E-state index in [1.54, 1.807) is 11.1 Å². The van der Waals surface area contributed by atoms with Crippen molar-refractivity contribution in [1.29, 1.82) is 0 Å². The Morgan fingerprint density at radius 2 is 1.44 bits per heavy atom. The van der Waals surface area contributed by atoms with Crippen LogP contribution in [-0.2, 0) is 0 Å². The van der Waals surface area contributed by atoms with Gasteiger partial charge in [0.1, 0.15) is 0 Å². The highest BCUT2D eigenvalue weighted by molar-refractivity contribution is 5.99. The van der Waals surface area contributed by atoms with Gasteiger partial charge in [0.2, 0.25) is 0 Å². The maximum atomic E-state index is 12.9. The van der Waals surface area contributed by atoms with Crippen LogP contribution in [0.1, 0.15) is 24.2 Å². The highest BCUT2D eigenvalue weighted by atomic mass is 16.2. The lowest BCUT2D eigenvalue weighted by Gasteiger charge is -2.20. The van der Waals surface area contributed by atoms with Crippen LogP contribution < -0.4 is 0 Å². The molecule has 126 valence electrons. The van der Waals surface area contributed by atoms with Crippen LogP contribution in [0.15, 0.2) is 66.9 Å². The van der Waals surface area contributed by atoms with Crippen molar-refractivity contribution in [3.63, 3.8) is 0 Å². The SMILES string of the molecule is CCN(CC)C(=O)c1cnc(-c2ccccc2)nc1-c1ccccc1. The molecule has 0 aliphatic rings. The molecule has 0 N–H and O–H groups in total. The number of rotatable bonds is 5. The minimum absolute atomic E-state index is 0.0385. The molecule has 0 aliphatic heterocycles. The number of amides is 1. The number of aromatic nitrogens is 2.